The number of ether oxygens (including phenoxy) is 1. The number of hydrogen-bond donors (Lipinski definition) is 1. The van der Waals surface area contributed by atoms with Crippen molar-refractivity contribution in [2.24, 2.45) is 0 Å². The van der Waals surface area contributed by atoms with E-state index < -0.39 is 6.10 Å². The summed E-state index contributed by atoms with van der Waals surface area (Å²) < 4.78 is 5.63. The summed E-state index contributed by atoms with van der Waals surface area (Å²) in [5.74, 6) is 0.737. The van der Waals surface area contributed by atoms with Gasteiger partial charge in [-0.05, 0) is 31.1 Å². The van der Waals surface area contributed by atoms with Gasteiger partial charge in [-0.3, -0.25) is 4.90 Å². The highest BCUT2D eigenvalue weighted by molar-refractivity contribution is 6.32. The number of likely N-dealkylation sites (N-methyl/N-ethyl adjacent to an activating group) is 1. The van der Waals surface area contributed by atoms with E-state index in [4.69, 9.17) is 16.3 Å². The summed E-state index contributed by atoms with van der Waals surface area (Å²) in [4.78, 5) is 2.25. The highest BCUT2D eigenvalue weighted by atomic mass is 35.5. The Balaban J connectivity index is 2.50. The fraction of sp³-hybridized carbons (Fsp3) is 0.600. The molecule has 2 rings (SSSR count). The molecule has 0 spiro atoms. The fourth-order valence-corrected chi connectivity index (χ4v) is 3.08. The minimum atomic E-state index is -0.504. The third kappa shape index (κ3) is 2.73. The lowest BCUT2D eigenvalue weighted by Crippen LogP contribution is -2.42. The van der Waals surface area contributed by atoms with Gasteiger partial charge in [0.2, 0.25) is 0 Å². The molecule has 0 saturated carbocycles. The highest BCUT2D eigenvalue weighted by Crippen LogP contribution is 2.41. The number of rotatable bonds is 4. The Kier molecular flexibility index (Phi) is 4.71. The monoisotopic (exact) mass is 283 g/mol. The Morgan fingerprint density at radius 1 is 1.32 bits per heavy atom. The minimum Gasteiger partial charge on any atom is -0.489 e. The molecule has 1 aromatic carbocycles. The molecule has 2 unspecified atom stereocenters. The number of aliphatic hydroxyl groups is 1. The van der Waals surface area contributed by atoms with Gasteiger partial charge in [-0.1, -0.05) is 38.4 Å². The maximum atomic E-state index is 10.3. The largest absolute Gasteiger partial charge is 0.489 e. The number of fused-ring (bicyclic) bond motifs is 1. The van der Waals surface area contributed by atoms with Crippen molar-refractivity contribution < 1.29 is 9.84 Å². The third-order valence-electron chi connectivity index (χ3n) is 3.83. The van der Waals surface area contributed by atoms with Crippen molar-refractivity contribution in [3.63, 3.8) is 0 Å². The van der Waals surface area contributed by atoms with Crippen LogP contribution in [0.25, 0.3) is 0 Å². The number of aryl methyl sites for hydroxylation is 1. The Morgan fingerprint density at radius 2 is 2.00 bits per heavy atom. The van der Waals surface area contributed by atoms with Gasteiger partial charge in [0.15, 0.2) is 0 Å². The van der Waals surface area contributed by atoms with Crippen LogP contribution in [0, 0.1) is 0 Å². The summed E-state index contributed by atoms with van der Waals surface area (Å²) in [6, 6.07) is 4.05. The maximum absolute atomic E-state index is 10.3. The third-order valence-corrected chi connectivity index (χ3v) is 4.11. The van der Waals surface area contributed by atoms with E-state index in [0.29, 0.717) is 11.6 Å². The molecule has 106 valence electrons. The van der Waals surface area contributed by atoms with E-state index >= 15 is 0 Å². The predicted octanol–water partition coefficient (Wildman–Crippen LogP) is 3.04. The number of benzene rings is 1. The molecule has 0 radical (unpaired) electrons. The lowest BCUT2D eigenvalue weighted by atomic mass is 9.94. The number of aliphatic hydroxyl groups excluding tert-OH is 1. The lowest BCUT2D eigenvalue weighted by molar-refractivity contribution is 0.00368. The molecule has 2 atom stereocenters. The first-order valence-electron chi connectivity index (χ1n) is 6.99. The van der Waals surface area contributed by atoms with Crippen molar-refractivity contribution in [2.45, 2.75) is 39.3 Å². The summed E-state index contributed by atoms with van der Waals surface area (Å²) in [6.45, 7) is 8.41. The van der Waals surface area contributed by atoms with Gasteiger partial charge >= 0.3 is 0 Å². The molecule has 4 heteroatoms. The predicted molar refractivity (Wildman–Crippen MR) is 78.0 cm³/mol. The van der Waals surface area contributed by atoms with E-state index in [1.807, 2.05) is 6.07 Å². The molecule has 0 bridgehead atoms. The van der Waals surface area contributed by atoms with Crippen LogP contribution in [0.1, 0.15) is 37.9 Å². The van der Waals surface area contributed by atoms with Gasteiger partial charge in [-0.15, -0.1) is 0 Å². The number of halogens is 1. The molecule has 0 saturated heterocycles. The summed E-state index contributed by atoms with van der Waals surface area (Å²) >= 11 is 6.31. The molecule has 3 nitrogen and oxygen atoms in total. The van der Waals surface area contributed by atoms with Crippen LogP contribution in [0.4, 0.5) is 0 Å². The SMILES string of the molecule is CCc1cc(Cl)c2c(c1)C(N(CC)CC)C(O)CO2. The van der Waals surface area contributed by atoms with Crippen molar-refractivity contribution in [2.75, 3.05) is 19.7 Å². The van der Waals surface area contributed by atoms with Crippen molar-refractivity contribution in [3.8, 4) is 5.75 Å². The molecule has 0 amide bonds. The van der Waals surface area contributed by atoms with Gasteiger partial charge in [-0.2, -0.15) is 0 Å². The molecular weight excluding hydrogens is 262 g/mol. The van der Waals surface area contributed by atoms with E-state index in [9.17, 15) is 5.11 Å². The van der Waals surface area contributed by atoms with E-state index in [1.54, 1.807) is 0 Å². The van der Waals surface area contributed by atoms with Crippen molar-refractivity contribution >= 4 is 11.6 Å². The van der Waals surface area contributed by atoms with Gasteiger partial charge in [0.05, 0.1) is 11.1 Å². The van der Waals surface area contributed by atoms with Crippen molar-refractivity contribution in [1.29, 1.82) is 0 Å². The standard InChI is InChI=1S/C15H22ClNO2/c1-4-10-7-11-14(17(5-2)6-3)13(18)9-19-15(11)12(16)8-10/h7-8,13-14,18H,4-6,9H2,1-3H3. The summed E-state index contributed by atoms with van der Waals surface area (Å²) in [5.41, 5.74) is 2.20. The van der Waals surface area contributed by atoms with Crippen molar-refractivity contribution in [1.82, 2.24) is 4.90 Å². The van der Waals surface area contributed by atoms with Crippen molar-refractivity contribution in [3.05, 3.63) is 28.3 Å². The average molecular weight is 284 g/mol. The van der Waals surface area contributed by atoms with E-state index in [1.165, 1.54) is 5.56 Å². The quantitative estimate of drug-likeness (QED) is 0.922. The Labute approximate surface area is 120 Å². The first-order chi connectivity index (χ1) is 9.12. The van der Waals surface area contributed by atoms with Crippen LogP contribution in [-0.4, -0.2) is 35.8 Å². The summed E-state index contributed by atoms with van der Waals surface area (Å²) in [5, 5.41) is 10.9. The van der Waals surface area contributed by atoms with Gasteiger partial charge in [0.1, 0.15) is 18.5 Å². The molecule has 1 aromatic rings. The number of hydrogen-bond acceptors (Lipinski definition) is 3. The van der Waals surface area contributed by atoms with Gasteiger partial charge in [-0.25, -0.2) is 0 Å². The van der Waals surface area contributed by atoms with E-state index in [2.05, 4.69) is 31.7 Å². The molecule has 1 aliphatic heterocycles. The zero-order valence-corrected chi connectivity index (χ0v) is 12.6. The maximum Gasteiger partial charge on any atom is 0.142 e. The van der Waals surface area contributed by atoms with Crippen LogP contribution in [0.15, 0.2) is 12.1 Å². The first-order valence-corrected chi connectivity index (χ1v) is 7.37. The van der Waals surface area contributed by atoms with Crippen LogP contribution in [-0.2, 0) is 6.42 Å². The molecular formula is C15H22ClNO2. The Hall–Kier alpha value is -0.770. The van der Waals surface area contributed by atoms with Gasteiger partial charge < -0.3 is 9.84 Å². The first kappa shape index (κ1) is 14.6. The zero-order chi connectivity index (χ0) is 14.0. The zero-order valence-electron chi connectivity index (χ0n) is 11.8. The minimum absolute atomic E-state index is 0.0252. The van der Waals surface area contributed by atoms with Crippen LogP contribution >= 0.6 is 11.6 Å². The smallest absolute Gasteiger partial charge is 0.142 e. The van der Waals surface area contributed by atoms with Gasteiger partial charge in [0, 0.05) is 5.56 Å². The Morgan fingerprint density at radius 3 is 2.58 bits per heavy atom. The van der Waals surface area contributed by atoms with Crippen LogP contribution in [0.2, 0.25) is 5.02 Å². The van der Waals surface area contributed by atoms with Crippen LogP contribution in [0.5, 0.6) is 5.75 Å². The Bertz CT molecular complexity index is 446. The molecule has 1 aliphatic rings. The molecule has 1 N–H and O–H groups in total. The molecule has 0 aromatic heterocycles. The molecule has 1 heterocycles. The number of nitrogens with zero attached hydrogens (tertiary/aromatic N) is 1. The fourth-order valence-electron chi connectivity index (χ4n) is 2.77. The van der Waals surface area contributed by atoms with Crippen LogP contribution < -0.4 is 4.74 Å². The molecule has 19 heavy (non-hydrogen) atoms. The second-order valence-corrected chi connectivity index (χ2v) is 5.30. The van der Waals surface area contributed by atoms with Crippen LogP contribution in [0.3, 0.4) is 0 Å². The molecule has 0 aliphatic carbocycles. The highest BCUT2D eigenvalue weighted by Gasteiger charge is 2.34. The second kappa shape index (κ2) is 6.12. The summed E-state index contributed by atoms with van der Waals surface area (Å²) in [6.07, 6.45) is 0.421. The normalized spacial score (nSPS) is 22.2. The van der Waals surface area contributed by atoms with E-state index in [-0.39, 0.29) is 6.04 Å². The summed E-state index contributed by atoms with van der Waals surface area (Å²) in [7, 11) is 0. The molecule has 0 fully saturated rings. The lowest BCUT2D eigenvalue weighted by Gasteiger charge is -2.38. The topological polar surface area (TPSA) is 32.7 Å². The van der Waals surface area contributed by atoms with Gasteiger partial charge in [0.25, 0.3) is 0 Å². The average Bonchev–Trinajstić information content (AvgIpc) is 2.42. The van der Waals surface area contributed by atoms with E-state index in [0.717, 1.165) is 30.8 Å². The second-order valence-electron chi connectivity index (χ2n) is 4.89.